The molecule has 120 valence electrons. The maximum absolute atomic E-state index is 13.1. The molecular formula is C15H18F3N3O. The van der Waals surface area contributed by atoms with Crippen LogP contribution in [-0.2, 0) is 12.7 Å². The fraction of sp³-hybridized carbons (Fsp3) is 0.467. The number of hydrogen-bond acceptors (Lipinski definition) is 4. The van der Waals surface area contributed by atoms with Crippen LogP contribution in [0.3, 0.4) is 0 Å². The maximum Gasteiger partial charge on any atom is 0.416 e. The highest BCUT2D eigenvalue weighted by Crippen LogP contribution is 2.35. The van der Waals surface area contributed by atoms with Crippen molar-refractivity contribution in [2.45, 2.75) is 45.5 Å². The van der Waals surface area contributed by atoms with Crippen molar-refractivity contribution < 1.29 is 17.6 Å². The molecule has 1 N–H and O–H groups in total. The number of nitrogens with zero attached hydrogens (tertiary/aromatic N) is 2. The second-order valence-electron chi connectivity index (χ2n) is 5.26. The number of nitrogens with one attached hydrogen (secondary N) is 1. The van der Waals surface area contributed by atoms with E-state index in [-0.39, 0.29) is 17.5 Å². The quantitative estimate of drug-likeness (QED) is 0.915. The van der Waals surface area contributed by atoms with E-state index in [1.54, 1.807) is 19.9 Å². The summed E-state index contributed by atoms with van der Waals surface area (Å²) in [6.07, 6.45) is -4.35. The van der Waals surface area contributed by atoms with Crippen LogP contribution in [-0.4, -0.2) is 16.2 Å². The van der Waals surface area contributed by atoms with Crippen molar-refractivity contribution in [3.8, 4) is 0 Å². The summed E-state index contributed by atoms with van der Waals surface area (Å²) in [6.45, 7) is 5.60. The Hall–Kier alpha value is -1.89. The highest BCUT2D eigenvalue weighted by Gasteiger charge is 2.34. The van der Waals surface area contributed by atoms with Gasteiger partial charge in [0.05, 0.1) is 12.1 Å². The number of alkyl halides is 3. The minimum absolute atomic E-state index is 0.185. The minimum Gasteiger partial charge on any atom is -0.424 e. The second kappa shape index (κ2) is 6.48. The molecule has 0 radical (unpaired) electrons. The normalized spacial score (nSPS) is 14.8. The van der Waals surface area contributed by atoms with E-state index in [9.17, 15) is 13.2 Å². The Balaban J connectivity index is 2.09. The first-order valence-corrected chi connectivity index (χ1v) is 6.97. The van der Waals surface area contributed by atoms with E-state index < -0.39 is 11.7 Å². The molecule has 0 aliphatic rings. The average molecular weight is 313 g/mol. The SMILES string of the molecule is Cc1nnc(CNC(C)C(C)c2ccccc2C(F)(F)F)o1. The van der Waals surface area contributed by atoms with E-state index in [1.807, 2.05) is 6.92 Å². The summed E-state index contributed by atoms with van der Waals surface area (Å²) in [6, 6.07) is 5.46. The largest absolute Gasteiger partial charge is 0.424 e. The summed E-state index contributed by atoms with van der Waals surface area (Å²) >= 11 is 0. The van der Waals surface area contributed by atoms with Crippen LogP contribution >= 0.6 is 0 Å². The van der Waals surface area contributed by atoms with Crippen LogP contribution in [0.1, 0.15) is 42.7 Å². The molecule has 4 nitrogen and oxygen atoms in total. The van der Waals surface area contributed by atoms with Gasteiger partial charge in [0.15, 0.2) is 0 Å². The fourth-order valence-electron chi connectivity index (χ4n) is 2.26. The van der Waals surface area contributed by atoms with Crippen LogP contribution in [0.4, 0.5) is 13.2 Å². The Bertz CT molecular complexity index is 624. The van der Waals surface area contributed by atoms with Crippen molar-refractivity contribution in [1.82, 2.24) is 15.5 Å². The molecule has 1 aromatic carbocycles. The molecule has 0 aliphatic carbocycles. The fourth-order valence-corrected chi connectivity index (χ4v) is 2.26. The molecule has 0 saturated carbocycles. The van der Waals surface area contributed by atoms with Crippen LogP contribution in [0, 0.1) is 6.92 Å². The van der Waals surface area contributed by atoms with Crippen LogP contribution in [0.2, 0.25) is 0 Å². The van der Waals surface area contributed by atoms with E-state index in [1.165, 1.54) is 12.1 Å². The number of benzene rings is 1. The van der Waals surface area contributed by atoms with Gasteiger partial charge in [0.25, 0.3) is 0 Å². The number of rotatable bonds is 5. The molecule has 0 aliphatic heterocycles. The topological polar surface area (TPSA) is 51.0 Å². The summed E-state index contributed by atoms with van der Waals surface area (Å²) < 4.78 is 44.4. The Morgan fingerprint density at radius 3 is 2.45 bits per heavy atom. The van der Waals surface area contributed by atoms with E-state index >= 15 is 0 Å². The Labute approximate surface area is 126 Å². The predicted octanol–water partition coefficient (Wildman–Crippen LogP) is 3.68. The monoisotopic (exact) mass is 313 g/mol. The Morgan fingerprint density at radius 2 is 1.86 bits per heavy atom. The van der Waals surface area contributed by atoms with Gasteiger partial charge in [-0.05, 0) is 24.5 Å². The summed E-state index contributed by atoms with van der Waals surface area (Å²) in [5.41, 5.74) is -0.318. The van der Waals surface area contributed by atoms with Crippen LogP contribution in [0.5, 0.6) is 0 Å². The highest BCUT2D eigenvalue weighted by molar-refractivity contribution is 5.33. The first-order valence-electron chi connectivity index (χ1n) is 6.97. The van der Waals surface area contributed by atoms with Gasteiger partial charge in [0.1, 0.15) is 0 Å². The van der Waals surface area contributed by atoms with Crippen molar-refractivity contribution in [1.29, 1.82) is 0 Å². The summed E-state index contributed by atoms with van der Waals surface area (Å²) in [4.78, 5) is 0. The van der Waals surface area contributed by atoms with Gasteiger partial charge in [-0.25, -0.2) is 0 Å². The van der Waals surface area contributed by atoms with Gasteiger partial charge in [0.2, 0.25) is 11.8 Å². The first kappa shape index (κ1) is 16.5. The van der Waals surface area contributed by atoms with Gasteiger partial charge in [-0.2, -0.15) is 13.2 Å². The van der Waals surface area contributed by atoms with E-state index in [0.29, 0.717) is 18.3 Å². The molecule has 22 heavy (non-hydrogen) atoms. The number of hydrogen-bond donors (Lipinski definition) is 1. The van der Waals surface area contributed by atoms with Crippen molar-refractivity contribution in [3.63, 3.8) is 0 Å². The van der Waals surface area contributed by atoms with Crippen LogP contribution in [0.15, 0.2) is 28.7 Å². The number of halogens is 3. The van der Waals surface area contributed by atoms with E-state index in [4.69, 9.17) is 4.42 Å². The molecule has 0 spiro atoms. The summed E-state index contributed by atoms with van der Waals surface area (Å²) in [7, 11) is 0. The van der Waals surface area contributed by atoms with Gasteiger partial charge in [-0.3, -0.25) is 0 Å². The molecule has 7 heteroatoms. The molecule has 0 amide bonds. The van der Waals surface area contributed by atoms with Crippen molar-refractivity contribution >= 4 is 0 Å². The minimum atomic E-state index is -4.35. The lowest BCUT2D eigenvalue weighted by Gasteiger charge is -2.24. The van der Waals surface area contributed by atoms with Gasteiger partial charge in [-0.1, -0.05) is 25.1 Å². The van der Waals surface area contributed by atoms with E-state index in [0.717, 1.165) is 6.07 Å². The maximum atomic E-state index is 13.1. The molecule has 1 aromatic heterocycles. The lowest BCUT2D eigenvalue weighted by Crippen LogP contribution is -2.31. The summed E-state index contributed by atoms with van der Waals surface area (Å²) in [5.74, 6) is 0.558. The third-order valence-corrected chi connectivity index (χ3v) is 3.65. The lowest BCUT2D eigenvalue weighted by molar-refractivity contribution is -0.138. The molecule has 0 bridgehead atoms. The molecule has 0 saturated heterocycles. The molecule has 2 aromatic rings. The molecular weight excluding hydrogens is 295 g/mol. The zero-order chi connectivity index (χ0) is 16.3. The van der Waals surface area contributed by atoms with Crippen molar-refractivity contribution in [2.75, 3.05) is 0 Å². The Morgan fingerprint density at radius 1 is 1.18 bits per heavy atom. The molecule has 2 rings (SSSR count). The third kappa shape index (κ3) is 3.85. The van der Waals surface area contributed by atoms with Gasteiger partial charge >= 0.3 is 6.18 Å². The predicted molar refractivity (Wildman–Crippen MR) is 75.2 cm³/mol. The molecule has 1 heterocycles. The zero-order valence-electron chi connectivity index (χ0n) is 12.6. The number of aryl methyl sites for hydroxylation is 1. The zero-order valence-corrected chi connectivity index (χ0v) is 12.6. The van der Waals surface area contributed by atoms with Gasteiger partial charge < -0.3 is 9.73 Å². The van der Waals surface area contributed by atoms with Gasteiger partial charge in [-0.15, -0.1) is 10.2 Å². The average Bonchev–Trinajstić information content (AvgIpc) is 2.88. The highest BCUT2D eigenvalue weighted by atomic mass is 19.4. The van der Waals surface area contributed by atoms with Crippen LogP contribution < -0.4 is 5.32 Å². The third-order valence-electron chi connectivity index (χ3n) is 3.65. The Kier molecular flexibility index (Phi) is 4.85. The van der Waals surface area contributed by atoms with Crippen LogP contribution in [0.25, 0.3) is 0 Å². The lowest BCUT2D eigenvalue weighted by atomic mass is 9.90. The standard InChI is InChI=1S/C15H18F3N3O/c1-9(10(2)19-8-14-21-20-11(3)22-14)12-6-4-5-7-13(12)15(16,17)18/h4-7,9-10,19H,8H2,1-3H3. The first-order chi connectivity index (χ1) is 10.3. The molecule has 0 fully saturated rings. The van der Waals surface area contributed by atoms with Crippen molar-refractivity contribution in [3.05, 3.63) is 47.2 Å². The smallest absolute Gasteiger partial charge is 0.416 e. The summed E-state index contributed by atoms with van der Waals surface area (Å²) in [5, 5.41) is 10.7. The number of aromatic nitrogens is 2. The van der Waals surface area contributed by atoms with E-state index in [2.05, 4.69) is 15.5 Å². The van der Waals surface area contributed by atoms with Gasteiger partial charge in [0, 0.05) is 13.0 Å². The molecule has 2 unspecified atom stereocenters. The van der Waals surface area contributed by atoms with Crippen molar-refractivity contribution in [2.24, 2.45) is 0 Å². The second-order valence-corrected chi connectivity index (χ2v) is 5.26. The molecule has 2 atom stereocenters.